The topological polar surface area (TPSA) is 42.3 Å². The number of hydrogen-bond acceptors (Lipinski definition) is 2. The molecule has 0 aliphatic carbocycles. The minimum absolute atomic E-state index is 0.0380. The lowest BCUT2D eigenvalue weighted by Crippen LogP contribution is -2.28. The highest BCUT2D eigenvalue weighted by molar-refractivity contribution is 7.85. The van der Waals surface area contributed by atoms with E-state index in [0.717, 1.165) is 43.8 Å². The van der Waals surface area contributed by atoms with Crippen LogP contribution in [0.3, 0.4) is 0 Å². The van der Waals surface area contributed by atoms with E-state index >= 15 is 4.57 Å². The molecule has 39 heavy (non-hydrogen) atoms. The van der Waals surface area contributed by atoms with Crippen LogP contribution in [0.25, 0.3) is 10.9 Å². The van der Waals surface area contributed by atoms with Crippen LogP contribution in [-0.4, -0.2) is 10.5 Å². The molecule has 0 fully saturated rings. The number of nitrogens with zero attached hydrogens (tertiary/aromatic N) is 2. The van der Waals surface area contributed by atoms with Gasteiger partial charge in [0.15, 0.2) is 7.14 Å². The molecule has 0 bridgehead atoms. The van der Waals surface area contributed by atoms with E-state index in [1.807, 2.05) is 150 Å². The van der Waals surface area contributed by atoms with Gasteiger partial charge in [-0.25, -0.2) is 0 Å². The summed E-state index contributed by atoms with van der Waals surface area (Å²) in [6.45, 7) is 0. The fraction of sp³-hybridized carbons (Fsp3) is 0.0294. The SMILES string of the molecule is O=C1C(n2cc(P(=O)(c3ccccc3)c3ccccc3)c3ccccc32)c2ccccc2N1c1ccccc1. The molecule has 188 valence electrons. The van der Waals surface area contributed by atoms with Gasteiger partial charge >= 0.3 is 0 Å². The van der Waals surface area contributed by atoms with E-state index in [4.69, 9.17) is 0 Å². The summed E-state index contributed by atoms with van der Waals surface area (Å²) >= 11 is 0. The molecule has 7 rings (SSSR count). The predicted octanol–water partition coefficient (Wildman–Crippen LogP) is 6.55. The normalized spacial score (nSPS) is 15.0. The van der Waals surface area contributed by atoms with Gasteiger partial charge in [-0.2, -0.15) is 0 Å². The van der Waals surface area contributed by atoms with E-state index in [2.05, 4.69) is 0 Å². The second-order valence-electron chi connectivity index (χ2n) is 9.69. The zero-order valence-electron chi connectivity index (χ0n) is 21.1. The third kappa shape index (κ3) is 3.60. The predicted molar refractivity (Wildman–Crippen MR) is 159 cm³/mol. The van der Waals surface area contributed by atoms with Crippen molar-refractivity contribution in [3.05, 3.63) is 151 Å². The van der Waals surface area contributed by atoms with Gasteiger partial charge in [-0.1, -0.05) is 115 Å². The highest BCUT2D eigenvalue weighted by Crippen LogP contribution is 2.48. The highest BCUT2D eigenvalue weighted by atomic mass is 31.2. The fourth-order valence-electron chi connectivity index (χ4n) is 5.76. The van der Waals surface area contributed by atoms with Gasteiger partial charge in [-0.3, -0.25) is 9.69 Å². The number of anilines is 2. The van der Waals surface area contributed by atoms with Crippen molar-refractivity contribution >= 4 is 51.2 Å². The maximum Gasteiger partial charge on any atom is 0.259 e. The second-order valence-corrected chi connectivity index (χ2v) is 12.4. The minimum atomic E-state index is -3.26. The Labute approximate surface area is 227 Å². The van der Waals surface area contributed by atoms with Crippen molar-refractivity contribution < 1.29 is 9.36 Å². The van der Waals surface area contributed by atoms with Crippen LogP contribution >= 0.6 is 7.14 Å². The number of benzene rings is 5. The summed E-state index contributed by atoms with van der Waals surface area (Å²) in [5.41, 5.74) is 3.50. The van der Waals surface area contributed by atoms with Crippen molar-refractivity contribution in [2.75, 3.05) is 4.90 Å². The Bertz CT molecular complexity index is 1820. The lowest BCUT2D eigenvalue weighted by Gasteiger charge is -2.20. The minimum Gasteiger partial charge on any atom is -0.330 e. The van der Waals surface area contributed by atoms with Gasteiger partial charge < -0.3 is 9.13 Å². The molecule has 0 saturated heterocycles. The maximum atomic E-state index is 15.4. The lowest BCUT2D eigenvalue weighted by molar-refractivity contribution is -0.119. The molecule has 0 spiro atoms. The number of amides is 1. The summed E-state index contributed by atoms with van der Waals surface area (Å²) in [7, 11) is -3.26. The largest absolute Gasteiger partial charge is 0.330 e. The molecule has 5 heteroatoms. The number of para-hydroxylation sites is 3. The van der Waals surface area contributed by atoms with Crippen molar-refractivity contribution in [1.82, 2.24) is 4.57 Å². The van der Waals surface area contributed by atoms with Crippen molar-refractivity contribution in [3.8, 4) is 0 Å². The second kappa shape index (κ2) is 9.27. The molecule has 1 unspecified atom stereocenters. The van der Waals surface area contributed by atoms with Gasteiger partial charge in [-0.15, -0.1) is 0 Å². The molecular weight excluding hydrogens is 499 g/mol. The third-order valence-electron chi connectivity index (χ3n) is 7.52. The average molecular weight is 525 g/mol. The van der Waals surface area contributed by atoms with Crippen LogP contribution in [0.5, 0.6) is 0 Å². The average Bonchev–Trinajstić information content (AvgIpc) is 3.53. The summed E-state index contributed by atoms with van der Waals surface area (Å²) in [6.07, 6.45) is 1.96. The molecule has 1 aliphatic heterocycles. The third-order valence-corrected chi connectivity index (χ3v) is 10.6. The van der Waals surface area contributed by atoms with Crippen LogP contribution in [0.1, 0.15) is 11.6 Å². The molecule has 1 atom stereocenters. The first-order valence-electron chi connectivity index (χ1n) is 13.0. The van der Waals surface area contributed by atoms with Crippen LogP contribution in [0.4, 0.5) is 11.4 Å². The summed E-state index contributed by atoms with van der Waals surface area (Å²) < 4.78 is 17.4. The first-order valence-corrected chi connectivity index (χ1v) is 14.7. The van der Waals surface area contributed by atoms with Crippen molar-refractivity contribution in [2.45, 2.75) is 6.04 Å². The molecule has 4 nitrogen and oxygen atoms in total. The van der Waals surface area contributed by atoms with E-state index in [1.165, 1.54) is 0 Å². The van der Waals surface area contributed by atoms with Crippen LogP contribution in [-0.2, 0) is 9.36 Å². The van der Waals surface area contributed by atoms with E-state index in [0.29, 0.717) is 0 Å². The number of fused-ring (bicyclic) bond motifs is 2. The zero-order chi connectivity index (χ0) is 26.4. The Kier molecular flexibility index (Phi) is 5.57. The zero-order valence-corrected chi connectivity index (χ0v) is 22.0. The van der Waals surface area contributed by atoms with Gasteiger partial charge in [0.2, 0.25) is 0 Å². The molecule has 1 aliphatic rings. The number of carbonyl (C=O) groups excluding carboxylic acids is 1. The Morgan fingerprint density at radius 3 is 1.79 bits per heavy atom. The monoisotopic (exact) mass is 524 g/mol. The summed E-state index contributed by atoms with van der Waals surface area (Å²) in [6, 6.07) is 44.4. The van der Waals surface area contributed by atoms with Crippen LogP contribution in [0, 0.1) is 0 Å². The molecule has 0 N–H and O–H groups in total. The standard InChI is InChI=1S/C34H25N2O2P/c37-34-33(29-21-11-13-23-31(29)36(34)25-14-4-1-5-15-25)35-24-32(28-20-10-12-22-30(28)35)39(38,26-16-6-2-7-17-26)27-18-8-3-9-19-27/h1-24,33H. The molecule has 0 saturated carbocycles. The van der Waals surface area contributed by atoms with Gasteiger partial charge in [0.05, 0.1) is 5.69 Å². The number of hydrogen-bond donors (Lipinski definition) is 0. The number of rotatable bonds is 5. The molecule has 0 radical (unpaired) electrons. The van der Waals surface area contributed by atoms with Gasteiger partial charge in [0.25, 0.3) is 5.91 Å². The fourth-order valence-corrected chi connectivity index (χ4v) is 8.62. The Hall–Kier alpha value is -4.66. The summed E-state index contributed by atoms with van der Waals surface area (Å²) in [5, 5.41) is 3.15. The van der Waals surface area contributed by atoms with Crippen LogP contribution in [0.15, 0.2) is 146 Å². The van der Waals surface area contributed by atoms with E-state index < -0.39 is 13.2 Å². The lowest BCUT2D eigenvalue weighted by atomic mass is 10.1. The smallest absolute Gasteiger partial charge is 0.259 e. The number of carbonyl (C=O) groups is 1. The van der Waals surface area contributed by atoms with Crippen molar-refractivity contribution in [2.24, 2.45) is 0 Å². The van der Waals surface area contributed by atoms with Gasteiger partial charge in [0.1, 0.15) is 6.04 Å². The Morgan fingerprint density at radius 2 is 1.13 bits per heavy atom. The Morgan fingerprint density at radius 1 is 0.590 bits per heavy atom. The van der Waals surface area contributed by atoms with Gasteiger partial charge in [-0.05, 0) is 24.3 Å². The van der Waals surface area contributed by atoms with Crippen LogP contribution < -0.4 is 20.8 Å². The molecule has 2 heterocycles. The first kappa shape index (κ1) is 23.5. The quantitative estimate of drug-likeness (QED) is 0.240. The molecule has 1 amide bonds. The summed E-state index contributed by atoms with van der Waals surface area (Å²) in [4.78, 5) is 16.0. The van der Waals surface area contributed by atoms with Crippen molar-refractivity contribution in [3.63, 3.8) is 0 Å². The molecule has 1 aromatic heterocycles. The van der Waals surface area contributed by atoms with E-state index in [1.54, 1.807) is 4.90 Å². The first-order chi connectivity index (χ1) is 19.2. The van der Waals surface area contributed by atoms with Gasteiger partial charge in [0, 0.05) is 44.3 Å². The highest BCUT2D eigenvalue weighted by Gasteiger charge is 2.41. The van der Waals surface area contributed by atoms with Crippen LogP contribution in [0.2, 0.25) is 0 Å². The summed E-state index contributed by atoms with van der Waals surface area (Å²) in [5.74, 6) is -0.0380. The maximum absolute atomic E-state index is 15.4. The number of aromatic nitrogens is 1. The van der Waals surface area contributed by atoms with Crippen molar-refractivity contribution in [1.29, 1.82) is 0 Å². The molecular formula is C34H25N2O2P. The molecule has 6 aromatic rings. The molecule has 5 aromatic carbocycles. The van der Waals surface area contributed by atoms with E-state index in [-0.39, 0.29) is 5.91 Å². The van der Waals surface area contributed by atoms with E-state index in [9.17, 15) is 4.79 Å². The Balaban J connectivity index is 1.49.